The van der Waals surface area contributed by atoms with Crippen LogP contribution in [-0.4, -0.2) is 49.7 Å². The number of halogens is 3. The highest BCUT2D eigenvalue weighted by atomic mass is 32.2. The monoisotopic (exact) mass is 481 g/mol. The number of alkyl halides is 3. The zero-order valence-corrected chi connectivity index (χ0v) is 19.4. The smallest absolute Gasteiger partial charge is 0.417 e. The molecule has 1 aromatic heterocycles. The Hall–Kier alpha value is -2.46. The zero-order chi connectivity index (χ0) is 24.1. The molecule has 1 aliphatic heterocycles. The van der Waals surface area contributed by atoms with Crippen molar-refractivity contribution in [2.24, 2.45) is 0 Å². The second-order valence-corrected chi connectivity index (χ2v) is 10.5. The van der Waals surface area contributed by atoms with E-state index in [2.05, 4.69) is 4.98 Å². The number of carbonyl (C=O) groups is 1. The van der Waals surface area contributed by atoms with Crippen molar-refractivity contribution in [3.63, 3.8) is 0 Å². The first-order valence-electron chi connectivity index (χ1n) is 10.8. The van der Waals surface area contributed by atoms with Crippen LogP contribution in [0.1, 0.15) is 43.9 Å². The van der Waals surface area contributed by atoms with Crippen molar-refractivity contribution >= 4 is 22.8 Å². The van der Waals surface area contributed by atoms with Gasteiger partial charge in [0.1, 0.15) is 16.8 Å². The van der Waals surface area contributed by atoms with Crippen molar-refractivity contribution in [2.45, 2.75) is 62.2 Å². The number of carboxylic acids is 1. The number of pyridine rings is 1. The summed E-state index contributed by atoms with van der Waals surface area (Å²) in [5, 5.41) is 9.72. The van der Waals surface area contributed by atoms with Crippen LogP contribution in [0.25, 0.3) is 0 Å². The van der Waals surface area contributed by atoms with E-state index in [1.54, 1.807) is 19.1 Å². The number of hydrogen-bond donors (Lipinski definition) is 1. The molecule has 4 unspecified atom stereocenters. The van der Waals surface area contributed by atoms with Gasteiger partial charge in [-0.2, -0.15) is 13.2 Å². The van der Waals surface area contributed by atoms with Gasteiger partial charge >= 0.3 is 12.1 Å². The van der Waals surface area contributed by atoms with E-state index < -0.39 is 34.1 Å². The van der Waals surface area contributed by atoms with Crippen molar-refractivity contribution in [1.82, 2.24) is 9.29 Å². The highest BCUT2D eigenvalue weighted by Gasteiger charge is 2.42. The van der Waals surface area contributed by atoms with Gasteiger partial charge in [-0.15, -0.1) is 0 Å². The van der Waals surface area contributed by atoms with Crippen molar-refractivity contribution in [2.75, 3.05) is 18.0 Å². The fourth-order valence-electron chi connectivity index (χ4n) is 4.82. The lowest BCUT2D eigenvalue weighted by molar-refractivity contribution is -0.143. The van der Waals surface area contributed by atoms with E-state index in [1.165, 1.54) is 6.07 Å². The summed E-state index contributed by atoms with van der Waals surface area (Å²) in [6.07, 6.45) is -2.41. The maximum atomic E-state index is 13.5. The van der Waals surface area contributed by atoms with Crippen molar-refractivity contribution < 1.29 is 27.3 Å². The van der Waals surface area contributed by atoms with Gasteiger partial charge in [0.2, 0.25) is 0 Å². The molecule has 10 heteroatoms. The third kappa shape index (κ3) is 4.26. The Morgan fingerprint density at radius 1 is 1.18 bits per heavy atom. The summed E-state index contributed by atoms with van der Waals surface area (Å²) in [4.78, 5) is 18.3. The zero-order valence-electron chi connectivity index (χ0n) is 18.6. The first-order chi connectivity index (χ1) is 15.4. The van der Waals surface area contributed by atoms with E-state index in [0.29, 0.717) is 42.2 Å². The summed E-state index contributed by atoms with van der Waals surface area (Å²) in [7, 11) is -1.51. The third-order valence-electron chi connectivity index (χ3n) is 6.67. The molecule has 0 spiro atoms. The second-order valence-electron chi connectivity index (χ2n) is 9.07. The van der Waals surface area contributed by atoms with Crippen molar-refractivity contribution in [3.8, 4) is 0 Å². The molecule has 1 N–H and O–H groups in total. The number of hydrogen-bond acceptors (Lipinski definition) is 4. The van der Waals surface area contributed by atoms with Gasteiger partial charge in [-0.3, -0.25) is 4.79 Å². The SMILES string of the molecule is CC1CN(c2ccc(C(F)(F)F)cn2)CC(C)N1S(=O)c1ccc2c(c1)C(C)(C(=O)O)CC2. The van der Waals surface area contributed by atoms with Gasteiger partial charge in [0, 0.05) is 31.4 Å². The quantitative estimate of drug-likeness (QED) is 0.715. The van der Waals surface area contributed by atoms with Gasteiger partial charge in [0.05, 0.1) is 15.9 Å². The molecular weight excluding hydrogens is 455 g/mol. The van der Waals surface area contributed by atoms with E-state index in [-0.39, 0.29) is 12.1 Å². The Bertz CT molecular complexity index is 1080. The Kier molecular flexibility index (Phi) is 6.03. The minimum absolute atomic E-state index is 0.169. The minimum Gasteiger partial charge on any atom is -0.481 e. The van der Waals surface area contributed by atoms with Crippen LogP contribution in [-0.2, 0) is 33.8 Å². The summed E-state index contributed by atoms with van der Waals surface area (Å²) in [6, 6.07) is 7.47. The summed E-state index contributed by atoms with van der Waals surface area (Å²) >= 11 is 0. The van der Waals surface area contributed by atoms with Gasteiger partial charge in [0.25, 0.3) is 0 Å². The first-order valence-corrected chi connectivity index (χ1v) is 11.9. The lowest BCUT2D eigenvalue weighted by Crippen LogP contribution is -2.57. The minimum atomic E-state index is -4.44. The molecule has 0 bridgehead atoms. The number of benzene rings is 1. The average molecular weight is 482 g/mol. The van der Waals surface area contributed by atoms with E-state index in [9.17, 15) is 27.3 Å². The number of aliphatic carboxylic acids is 1. The third-order valence-corrected chi connectivity index (χ3v) is 8.43. The second kappa shape index (κ2) is 8.39. The summed E-state index contributed by atoms with van der Waals surface area (Å²) in [6.45, 7) is 6.44. The molecule has 0 radical (unpaired) electrons. The first kappa shape index (κ1) is 23.7. The molecule has 6 nitrogen and oxygen atoms in total. The molecular formula is C23H26F3N3O3S. The molecule has 1 fully saturated rings. The normalized spacial score (nSPS) is 26.8. The Labute approximate surface area is 193 Å². The Morgan fingerprint density at radius 3 is 2.39 bits per heavy atom. The number of nitrogens with zero attached hydrogens (tertiary/aromatic N) is 3. The van der Waals surface area contributed by atoms with Crippen LogP contribution in [0.15, 0.2) is 41.4 Å². The van der Waals surface area contributed by atoms with Crippen LogP contribution < -0.4 is 4.90 Å². The maximum absolute atomic E-state index is 13.5. The standard InChI is InChI=1S/C23H26F3N3O3S/c1-14-12-28(20-7-5-17(11-27-20)23(24,25)26)13-15(2)29(14)33(32)18-6-4-16-8-9-22(3,21(30)31)19(16)10-18/h4-7,10-11,14-15H,8-9,12-13H2,1-3H3,(H,30,31). The number of fused-ring (bicyclic) bond motifs is 1. The van der Waals surface area contributed by atoms with Crippen molar-refractivity contribution in [3.05, 3.63) is 53.2 Å². The molecule has 178 valence electrons. The van der Waals surface area contributed by atoms with E-state index >= 15 is 0 Å². The lowest BCUT2D eigenvalue weighted by atomic mass is 9.84. The number of carboxylic acid groups (broad SMARTS) is 1. The molecule has 1 aliphatic carbocycles. The van der Waals surface area contributed by atoms with Gasteiger partial charge in [0.15, 0.2) is 0 Å². The molecule has 2 aromatic rings. The molecule has 4 rings (SSSR count). The average Bonchev–Trinajstić information content (AvgIpc) is 3.10. The number of anilines is 1. The highest BCUT2D eigenvalue weighted by molar-refractivity contribution is 7.82. The highest BCUT2D eigenvalue weighted by Crippen LogP contribution is 2.40. The topological polar surface area (TPSA) is 73.7 Å². The maximum Gasteiger partial charge on any atom is 0.417 e. The van der Waals surface area contributed by atoms with E-state index in [0.717, 1.165) is 17.8 Å². The molecule has 0 amide bonds. The molecule has 2 heterocycles. The predicted molar refractivity (Wildman–Crippen MR) is 118 cm³/mol. The summed E-state index contributed by atoms with van der Waals surface area (Å²) < 4.78 is 53.9. The van der Waals surface area contributed by atoms with E-state index in [4.69, 9.17) is 0 Å². The van der Waals surface area contributed by atoms with Crippen LogP contribution in [0, 0.1) is 0 Å². The van der Waals surface area contributed by atoms with Crippen LogP contribution in [0.3, 0.4) is 0 Å². The molecule has 1 aromatic carbocycles. The van der Waals surface area contributed by atoms with Gasteiger partial charge in [-0.1, -0.05) is 6.07 Å². The molecule has 0 saturated carbocycles. The van der Waals surface area contributed by atoms with Crippen LogP contribution in [0.5, 0.6) is 0 Å². The fraction of sp³-hybridized carbons (Fsp3) is 0.478. The van der Waals surface area contributed by atoms with Crippen LogP contribution in [0.4, 0.5) is 19.0 Å². The fourth-order valence-corrected chi connectivity index (χ4v) is 6.26. The van der Waals surface area contributed by atoms with Crippen LogP contribution >= 0.6 is 0 Å². The lowest BCUT2D eigenvalue weighted by Gasteiger charge is -2.43. The Morgan fingerprint density at radius 2 is 1.85 bits per heavy atom. The number of aryl methyl sites for hydroxylation is 1. The predicted octanol–water partition coefficient (Wildman–Crippen LogP) is 4.01. The van der Waals surface area contributed by atoms with Gasteiger partial charge < -0.3 is 10.0 Å². The van der Waals surface area contributed by atoms with Crippen LogP contribution in [0.2, 0.25) is 0 Å². The summed E-state index contributed by atoms with van der Waals surface area (Å²) in [5.74, 6) is -0.439. The largest absolute Gasteiger partial charge is 0.481 e. The molecule has 2 aliphatic rings. The number of piperazine rings is 1. The van der Waals surface area contributed by atoms with Gasteiger partial charge in [-0.05, 0) is 69.0 Å². The van der Waals surface area contributed by atoms with E-state index in [1.807, 2.05) is 29.1 Å². The molecule has 33 heavy (non-hydrogen) atoms. The molecule has 1 saturated heterocycles. The molecule has 4 atom stereocenters. The Balaban J connectivity index is 1.54. The number of aromatic nitrogens is 1. The van der Waals surface area contributed by atoms with Gasteiger partial charge in [-0.25, -0.2) is 13.5 Å². The van der Waals surface area contributed by atoms with Crippen molar-refractivity contribution in [1.29, 1.82) is 0 Å². The number of rotatable bonds is 4. The summed E-state index contributed by atoms with van der Waals surface area (Å²) in [5.41, 5.74) is -0.0922.